The molecule has 0 fully saturated rings. The number of aryl methyl sites for hydroxylation is 1. The number of hydrogen-bond donors (Lipinski definition) is 1. The lowest BCUT2D eigenvalue weighted by molar-refractivity contribution is 0.401. The van der Waals surface area contributed by atoms with Gasteiger partial charge in [-0.3, -0.25) is 0 Å². The van der Waals surface area contributed by atoms with Crippen molar-refractivity contribution in [1.29, 1.82) is 0 Å². The molecule has 1 aromatic carbocycles. The van der Waals surface area contributed by atoms with Gasteiger partial charge in [0.25, 0.3) is 0 Å². The molecule has 1 aliphatic rings. The van der Waals surface area contributed by atoms with E-state index in [0.29, 0.717) is 12.1 Å². The van der Waals surface area contributed by atoms with Crippen molar-refractivity contribution in [3.63, 3.8) is 0 Å². The fourth-order valence-corrected chi connectivity index (χ4v) is 4.46. The average molecular weight is 322 g/mol. The fraction of sp³-hybridized carbons (Fsp3) is 0.412. The van der Waals surface area contributed by atoms with Gasteiger partial charge in [-0.25, -0.2) is 0 Å². The van der Waals surface area contributed by atoms with Crippen LogP contribution in [-0.2, 0) is 12.8 Å². The molecule has 1 aromatic heterocycles. The molecule has 0 radical (unpaired) electrons. The van der Waals surface area contributed by atoms with E-state index in [4.69, 9.17) is 16.3 Å². The Morgan fingerprint density at radius 1 is 1.43 bits per heavy atom. The Balaban J connectivity index is 1.66. The van der Waals surface area contributed by atoms with E-state index in [1.165, 1.54) is 22.4 Å². The molecule has 0 spiro atoms. The van der Waals surface area contributed by atoms with Crippen LogP contribution in [0.3, 0.4) is 0 Å². The number of hydrogen-bond acceptors (Lipinski definition) is 3. The van der Waals surface area contributed by atoms with Crippen LogP contribution in [0, 0.1) is 0 Å². The molecule has 3 rings (SSSR count). The lowest BCUT2D eigenvalue weighted by atomic mass is 10.0. The zero-order valence-electron chi connectivity index (χ0n) is 12.4. The monoisotopic (exact) mass is 321 g/mol. The van der Waals surface area contributed by atoms with Crippen LogP contribution in [0.4, 0.5) is 0 Å². The number of para-hydroxylation sites is 1. The van der Waals surface area contributed by atoms with Gasteiger partial charge in [0.15, 0.2) is 0 Å². The van der Waals surface area contributed by atoms with Crippen LogP contribution in [0.5, 0.6) is 5.75 Å². The number of thiophene rings is 1. The molecule has 0 bridgehead atoms. The summed E-state index contributed by atoms with van der Waals surface area (Å²) in [6, 6.07) is 11.2. The fourth-order valence-electron chi connectivity index (χ4n) is 3.11. The van der Waals surface area contributed by atoms with Crippen molar-refractivity contribution in [2.45, 2.75) is 38.3 Å². The lowest BCUT2D eigenvalue weighted by Gasteiger charge is -2.20. The van der Waals surface area contributed by atoms with E-state index in [1.807, 2.05) is 12.1 Å². The third-order valence-corrected chi connectivity index (χ3v) is 5.39. The molecule has 1 aliphatic carbocycles. The van der Waals surface area contributed by atoms with Crippen molar-refractivity contribution in [3.05, 3.63) is 50.7 Å². The highest BCUT2D eigenvalue weighted by atomic mass is 35.5. The summed E-state index contributed by atoms with van der Waals surface area (Å²) >= 11 is 7.85. The summed E-state index contributed by atoms with van der Waals surface area (Å²) in [6.07, 6.45) is 3.29. The first-order valence-corrected chi connectivity index (χ1v) is 8.53. The second kappa shape index (κ2) is 6.39. The first kappa shape index (κ1) is 14.9. The highest BCUT2D eigenvalue weighted by Crippen LogP contribution is 2.39. The molecule has 1 heterocycles. The maximum absolute atomic E-state index is 6.12. The molecular weight excluding hydrogens is 302 g/mol. The predicted molar refractivity (Wildman–Crippen MR) is 89.7 cm³/mol. The topological polar surface area (TPSA) is 21.3 Å². The van der Waals surface area contributed by atoms with Crippen LogP contribution >= 0.6 is 22.9 Å². The SMILES string of the molecule is COc1ccccc1CC(C)NC1CCc2sc(Cl)cc21. The van der Waals surface area contributed by atoms with Gasteiger partial charge >= 0.3 is 0 Å². The van der Waals surface area contributed by atoms with Gasteiger partial charge in [-0.1, -0.05) is 29.8 Å². The number of fused-ring (bicyclic) bond motifs is 1. The largest absolute Gasteiger partial charge is 0.496 e. The van der Waals surface area contributed by atoms with Crippen molar-refractivity contribution in [1.82, 2.24) is 5.32 Å². The predicted octanol–water partition coefficient (Wildman–Crippen LogP) is 4.62. The molecular formula is C17H20ClNOS. The second-order valence-electron chi connectivity index (χ2n) is 5.60. The number of methoxy groups -OCH3 is 1. The van der Waals surface area contributed by atoms with Gasteiger partial charge in [-0.15, -0.1) is 11.3 Å². The van der Waals surface area contributed by atoms with Crippen LogP contribution in [0.15, 0.2) is 30.3 Å². The Hall–Kier alpha value is -1.03. The van der Waals surface area contributed by atoms with Crippen molar-refractivity contribution in [2.75, 3.05) is 7.11 Å². The van der Waals surface area contributed by atoms with Crippen molar-refractivity contribution < 1.29 is 4.74 Å². The molecule has 2 atom stereocenters. The Bertz CT molecular complexity index is 625. The van der Waals surface area contributed by atoms with Crippen LogP contribution in [0.1, 0.15) is 35.4 Å². The highest BCUT2D eigenvalue weighted by molar-refractivity contribution is 7.16. The van der Waals surface area contributed by atoms with Crippen molar-refractivity contribution in [2.24, 2.45) is 0 Å². The maximum atomic E-state index is 6.12. The van der Waals surface area contributed by atoms with Crippen molar-refractivity contribution in [3.8, 4) is 5.75 Å². The lowest BCUT2D eigenvalue weighted by Crippen LogP contribution is -2.31. The third kappa shape index (κ3) is 3.25. The Kier molecular flexibility index (Phi) is 4.53. The normalized spacial score (nSPS) is 18.5. The molecule has 2 unspecified atom stereocenters. The van der Waals surface area contributed by atoms with Crippen LogP contribution in [0.25, 0.3) is 0 Å². The molecule has 21 heavy (non-hydrogen) atoms. The van der Waals surface area contributed by atoms with E-state index in [2.05, 4.69) is 30.4 Å². The number of benzene rings is 1. The van der Waals surface area contributed by atoms with Crippen molar-refractivity contribution >= 4 is 22.9 Å². The zero-order chi connectivity index (χ0) is 14.8. The van der Waals surface area contributed by atoms with E-state index in [1.54, 1.807) is 18.4 Å². The standard InChI is InChI=1S/C17H20ClNOS/c1-11(9-12-5-3-4-6-15(12)20-2)19-14-7-8-16-13(14)10-17(18)21-16/h3-6,10-11,14,19H,7-9H2,1-2H3. The molecule has 0 amide bonds. The number of halogens is 1. The Labute approximate surface area is 135 Å². The summed E-state index contributed by atoms with van der Waals surface area (Å²) in [7, 11) is 1.73. The molecule has 0 aliphatic heterocycles. The van der Waals surface area contributed by atoms with E-state index >= 15 is 0 Å². The Morgan fingerprint density at radius 2 is 2.24 bits per heavy atom. The van der Waals surface area contributed by atoms with Gasteiger partial charge in [0.1, 0.15) is 5.75 Å². The van der Waals surface area contributed by atoms with Crippen LogP contribution in [-0.4, -0.2) is 13.2 Å². The number of ether oxygens (including phenoxy) is 1. The smallest absolute Gasteiger partial charge is 0.122 e. The summed E-state index contributed by atoms with van der Waals surface area (Å²) in [5, 5.41) is 3.74. The van der Waals surface area contributed by atoms with E-state index in [-0.39, 0.29) is 0 Å². The second-order valence-corrected chi connectivity index (χ2v) is 7.37. The zero-order valence-corrected chi connectivity index (χ0v) is 13.9. The minimum Gasteiger partial charge on any atom is -0.496 e. The third-order valence-electron chi connectivity index (χ3n) is 4.05. The van der Waals surface area contributed by atoms with Gasteiger partial charge < -0.3 is 10.1 Å². The van der Waals surface area contributed by atoms with Crippen LogP contribution < -0.4 is 10.1 Å². The van der Waals surface area contributed by atoms with E-state index in [9.17, 15) is 0 Å². The number of nitrogens with one attached hydrogen (secondary N) is 1. The van der Waals surface area contributed by atoms with Gasteiger partial charge in [0.05, 0.1) is 11.4 Å². The molecule has 2 nitrogen and oxygen atoms in total. The van der Waals surface area contributed by atoms with Gasteiger partial charge in [0.2, 0.25) is 0 Å². The summed E-state index contributed by atoms with van der Waals surface area (Å²) in [6.45, 7) is 2.23. The average Bonchev–Trinajstić information content (AvgIpc) is 3.00. The summed E-state index contributed by atoms with van der Waals surface area (Å²) in [5.74, 6) is 0.969. The minimum atomic E-state index is 0.399. The summed E-state index contributed by atoms with van der Waals surface area (Å²) in [5.41, 5.74) is 2.65. The summed E-state index contributed by atoms with van der Waals surface area (Å²) in [4.78, 5) is 1.45. The molecule has 112 valence electrons. The number of rotatable bonds is 5. The first-order valence-electron chi connectivity index (χ1n) is 7.33. The Morgan fingerprint density at radius 3 is 3.05 bits per heavy atom. The maximum Gasteiger partial charge on any atom is 0.122 e. The van der Waals surface area contributed by atoms with Gasteiger partial charge in [-0.2, -0.15) is 0 Å². The van der Waals surface area contributed by atoms with Gasteiger partial charge in [-0.05, 0) is 49.4 Å². The highest BCUT2D eigenvalue weighted by Gasteiger charge is 2.26. The molecule has 2 aromatic rings. The molecule has 4 heteroatoms. The van der Waals surface area contributed by atoms with Gasteiger partial charge in [0, 0.05) is 17.0 Å². The van der Waals surface area contributed by atoms with Crippen LogP contribution in [0.2, 0.25) is 4.34 Å². The van der Waals surface area contributed by atoms with E-state index in [0.717, 1.165) is 22.9 Å². The summed E-state index contributed by atoms with van der Waals surface area (Å²) < 4.78 is 6.34. The molecule has 0 saturated heterocycles. The minimum absolute atomic E-state index is 0.399. The molecule has 0 saturated carbocycles. The first-order chi connectivity index (χ1) is 10.2. The molecule has 1 N–H and O–H groups in total. The quantitative estimate of drug-likeness (QED) is 0.867. The van der Waals surface area contributed by atoms with E-state index < -0.39 is 0 Å².